The highest BCUT2D eigenvalue weighted by molar-refractivity contribution is 6.00. The molecule has 0 aromatic rings. The van der Waals surface area contributed by atoms with Gasteiger partial charge in [0, 0.05) is 6.54 Å². The molecule has 2 atom stereocenters. The maximum Gasteiger partial charge on any atom is 0.310 e. The Hall–Kier alpha value is -1.43. The van der Waals surface area contributed by atoms with Crippen molar-refractivity contribution in [2.45, 2.75) is 44.2 Å². The molecule has 6 heteroatoms. The largest absolute Gasteiger partial charge is 0.481 e. The number of carboxylic acid groups (broad SMARTS) is 1. The van der Waals surface area contributed by atoms with E-state index in [4.69, 9.17) is 5.11 Å². The summed E-state index contributed by atoms with van der Waals surface area (Å²) in [5, 5.41) is 11.8. The van der Waals surface area contributed by atoms with Gasteiger partial charge in [-0.15, -0.1) is 0 Å². The molecule has 0 aromatic heterocycles. The topological polar surface area (TPSA) is 86.7 Å². The van der Waals surface area contributed by atoms with E-state index in [9.17, 15) is 14.4 Å². The van der Waals surface area contributed by atoms with Gasteiger partial charge in [-0.2, -0.15) is 0 Å². The summed E-state index contributed by atoms with van der Waals surface area (Å²) in [7, 11) is 0. The number of rotatable bonds is 4. The zero-order chi connectivity index (χ0) is 13.1. The molecule has 2 N–H and O–H groups in total. The number of ketones is 1. The van der Waals surface area contributed by atoms with Crippen molar-refractivity contribution in [2.75, 3.05) is 13.1 Å². The van der Waals surface area contributed by atoms with E-state index in [1.807, 2.05) is 0 Å². The second-order valence-corrected chi connectivity index (χ2v) is 4.88. The molecule has 0 bridgehead atoms. The maximum atomic E-state index is 12.2. The Kier molecular flexibility index (Phi) is 3.96. The minimum absolute atomic E-state index is 0.0475. The van der Waals surface area contributed by atoms with Crippen molar-refractivity contribution in [1.29, 1.82) is 0 Å². The molecule has 2 aliphatic rings. The average Bonchev–Trinajstić information content (AvgIpc) is 2.98. The summed E-state index contributed by atoms with van der Waals surface area (Å²) in [5.74, 6) is -1.53. The van der Waals surface area contributed by atoms with Crippen LogP contribution in [0, 0.1) is 0 Å². The molecule has 100 valence electrons. The fraction of sp³-hybridized carbons (Fsp3) is 0.750. The highest BCUT2D eigenvalue weighted by atomic mass is 16.4. The number of nitrogens with one attached hydrogen (secondary N) is 1. The molecule has 2 rings (SSSR count). The number of carbonyl (C=O) groups excluding carboxylic acids is 2. The summed E-state index contributed by atoms with van der Waals surface area (Å²) in [5.41, 5.74) is 0. The molecule has 2 fully saturated rings. The lowest BCUT2D eigenvalue weighted by Crippen LogP contribution is -2.48. The minimum Gasteiger partial charge on any atom is -0.481 e. The van der Waals surface area contributed by atoms with E-state index in [1.165, 1.54) is 0 Å². The third-order valence-electron chi connectivity index (χ3n) is 3.59. The van der Waals surface area contributed by atoms with Crippen molar-refractivity contribution >= 4 is 17.7 Å². The lowest BCUT2D eigenvalue weighted by molar-refractivity contribution is -0.144. The van der Waals surface area contributed by atoms with Crippen molar-refractivity contribution in [3.63, 3.8) is 0 Å². The summed E-state index contributed by atoms with van der Waals surface area (Å²) in [6.07, 6.45) is 2.64. The highest BCUT2D eigenvalue weighted by Crippen LogP contribution is 2.22. The van der Waals surface area contributed by atoms with Crippen molar-refractivity contribution in [3.05, 3.63) is 0 Å². The van der Waals surface area contributed by atoms with Gasteiger partial charge < -0.3 is 15.3 Å². The molecular formula is C12H18N2O4. The Morgan fingerprint density at radius 2 is 2.00 bits per heavy atom. The van der Waals surface area contributed by atoms with E-state index in [2.05, 4.69) is 5.32 Å². The molecule has 0 unspecified atom stereocenters. The number of carbonyl (C=O) groups is 3. The van der Waals surface area contributed by atoms with Crippen LogP contribution in [0.3, 0.4) is 0 Å². The van der Waals surface area contributed by atoms with Gasteiger partial charge >= 0.3 is 5.97 Å². The average molecular weight is 254 g/mol. The van der Waals surface area contributed by atoms with Gasteiger partial charge in [0.1, 0.15) is 6.42 Å². The Bertz CT molecular complexity index is 363. The van der Waals surface area contributed by atoms with Crippen molar-refractivity contribution in [2.24, 2.45) is 0 Å². The third kappa shape index (κ3) is 2.69. The first-order valence-electron chi connectivity index (χ1n) is 6.38. The number of hydrogen-bond acceptors (Lipinski definition) is 4. The predicted octanol–water partition coefficient (Wildman–Crippen LogP) is -0.227. The molecule has 2 aliphatic heterocycles. The summed E-state index contributed by atoms with van der Waals surface area (Å²) in [4.78, 5) is 36.1. The van der Waals surface area contributed by atoms with E-state index >= 15 is 0 Å². The van der Waals surface area contributed by atoms with Crippen molar-refractivity contribution < 1.29 is 19.5 Å². The number of nitrogens with zero attached hydrogens (tertiary/aromatic N) is 1. The molecule has 0 spiro atoms. The minimum atomic E-state index is -1.13. The zero-order valence-electron chi connectivity index (χ0n) is 10.2. The molecule has 0 saturated carbocycles. The molecule has 0 aromatic carbocycles. The highest BCUT2D eigenvalue weighted by Gasteiger charge is 2.37. The SMILES string of the molecule is O=C(O)CC(=O)[C@@H]1CCCN1C(=O)[C@@H]1CCCN1. The van der Waals surface area contributed by atoms with Crippen LogP contribution < -0.4 is 5.32 Å². The molecular weight excluding hydrogens is 236 g/mol. The number of amides is 1. The molecule has 2 heterocycles. The lowest BCUT2D eigenvalue weighted by atomic mass is 10.1. The second kappa shape index (κ2) is 5.48. The summed E-state index contributed by atoms with van der Waals surface area (Å²) < 4.78 is 0. The first-order chi connectivity index (χ1) is 8.59. The Labute approximate surface area is 105 Å². The molecule has 0 radical (unpaired) electrons. The van der Waals surface area contributed by atoms with Crippen LogP contribution in [0.4, 0.5) is 0 Å². The summed E-state index contributed by atoms with van der Waals surface area (Å²) in [6.45, 7) is 1.39. The van der Waals surface area contributed by atoms with Crippen LogP contribution in [0.5, 0.6) is 0 Å². The van der Waals surface area contributed by atoms with Crippen LogP contribution in [0.15, 0.2) is 0 Å². The van der Waals surface area contributed by atoms with E-state index in [0.717, 1.165) is 25.8 Å². The van der Waals surface area contributed by atoms with Crippen LogP contribution in [0.1, 0.15) is 32.1 Å². The molecule has 2 saturated heterocycles. The Morgan fingerprint density at radius 1 is 1.22 bits per heavy atom. The Balaban J connectivity index is 2.00. The third-order valence-corrected chi connectivity index (χ3v) is 3.59. The van der Waals surface area contributed by atoms with E-state index < -0.39 is 18.4 Å². The van der Waals surface area contributed by atoms with Gasteiger partial charge in [0.05, 0.1) is 12.1 Å². The predicted molar refractivity (Wildman–Crippen MR) is 63.0 cm³/mol. The quantitative estimate of drug-likeness (QED) is 0.677. The van der Waals surface area contributed by atoms with E-state index in [0.29, 0.717) is 13.0 Å². The molecule has 18 heavy (non-hydrogen) atoms. The number of likely N-dealkylation sites (tertiary alicyclic amines) is 1. The smallest absolute Gasteiger partial charge is 0.310 e. The van der Waals surface area contributed by atoms with Gasteiger partial charge in [0.25, 0.3) is 0 Å². The van der Waals surface area contributed by atoms with Crippen LogP contribution in [-0.4, -0.2) is 52.8 Å². The van der Waals surface area contributed by atoms with Crippen molar-refractivity contribution in [1.82, 2.24) is 10.2 Å². The number of hydrogen-bond donors (Lipinski definition) is 2. The Morgan fingerprint density at radius 3 is 2.61 bits per heavy atom. The van der Waals surface area contributed by atoms with Crippen LogP contribution in [-0.2, 0) is 14.4 Å². The van der Waals surface area contributed by atoms with E-state index in [-0.39, 0.29) is 17.7 Å². The summed E-state index contributed by atoms with van der Waals surface area (Å²) in [6, 6.07) is -0.723. The van der Waals surface area contributed by atoms with Gasteiger partial charge in [-0.25, -0.2) is 0 Å². The fourth-order valence-electron chi connectivity index (χ4n) is 2.73. The van der Waals surface area contributed by atoms with Crippen LogP contribution >= 0.6 is 0 Å². The second-order valence-electron chi connectivity index (χ2n) is 4.88. The monoisotopic (exact) mass is 254 g/mol. The number of Topliss-reactive ketones (excluding diaryl/α,β-unsaturated/α-hetero) is 1. The molecule has 1 amide bonds. The van der Waals surface area contributed by atoms with Crippen molar-refractivity contribution in [3.8, 4) is 0 Å². The lowest BCUT2D eigenvalue weighted by Gasteiger charge is -2.26. The number of carboxylic acids is 1. The van der Waals surface area contributed by atoms with Gasteiger partial charge in [-0.3, -0.25) is 14.4 Å². The van der Waals surface area contributed by atoms with Gasteiger partial charge in [-0.05, 0) is 32.2 Å². The standard InChI is InChI=1S/C12H18N2O4/c15-10(7-11(16)17)9-4-2-6-14(9)12(18)8-3-1-5-13-8/h8-9,13H,1-7H2,(H,16,17)/t8-,9-/m0/s1. The fourth-order valence-corrected chi connectivity index (χ4v) is 2.73. The maximum absolute atomic E-state index is 12.2. The first-order valence-corrected chi connectivity index (χ1v) is 6.38. The molecule has 6 nitrogen and oxygen atoms in total. The number of aliphatic carboxylic acids is 1. The molecule has 0 aliphatic carbocycles. The van der Waals surface area contributed by atoms with E-state index in [1.54, 1.807) is 4.90 Å². The zero-order valence-corrected chi connectivity index (χ0v) is 10.2. The van der Waals surface area contributed by atoms with Gasteiger partial charge in [-0.1, -0.05) is 0 Å². The van der Waals surface area contributed by atoms with Gasteiger partial charge in [0.15, 0.2) is 5.78 Å². The van der Waals surface area contributed by atoms with Gasteiger partial charge in [0.2, 0.25) is 5.91 Å². The normalized spacial score (nSPS) is 27.4. The van der Waals surface area contributed by atoms with Crippen LogP contribution in [0.25, 0.3) is 0 Å². The first kappa shape index (κ1) is 13.0. The summed E-state index contributed by atoms with van der Waals surface area (Å²) >= 11 is 0. The van der Waals surface area contributed by atoms with Crippen LogP contribution in [0.2, 0.25) is 0 Å².